The van der Waals surface area contributed by atoms with Gasteiger partial charge in [0.25, 0.3) is 0 Å². The molecule has 2 heteroatoms. The van der Waals surface area contributed by atoms with Crippen LogP contribution in [-0.2, 0) is 0 Å². The molecule has 0 radical (unpaired) electrons. The number of pyridine rings is 1. The van der Waals surface area contributed by atoms with Gasteiger partial charge in [0.15, 0.2) is 0 Å². The minimum atomic E-state index is -0.250. The normalized spacial score (nSPS) is 10.4. The largest absolute Gasteiger partial charge is 0.256 e. The molecule has 19 heavy (non-hydrogen) atoms. The zero-order valence-corrected chi connectivity index (χ0v) is 10.3. The number of halogens is 1. The highest BCUT2D eigenvalue weighted by Gasteiger charge is 2.12. The second kappa shape index (κ2) is 5.02. The average Bonchev–Trinajstić information content (AvgIpc) is 2.49. The third kappa shape index (κ3) is 2.25. The lowest BCUT2D eigenvalue weighted by molar-refractivity contribution is 0.631. The lowest BCUT2D eigenvalue weighted by Gasteiger charge is -2.10. The molecule has 0 spiro atoms. The van der Waals surface area contributed by atoms with E-state index in [1.807, 2.05) is 54.6 Å². The first-order valence-electron chi connectivity index (χ1n) is 6.11. The van der Waals surface area contributed by atoms with Gasteiger partial charge in [-0.25, -0.2) is 4.39 Å². The molecule has 0 fully saturated rings. The van der Waals surface area contributed by atoms with Gasteiger partial charge in [-0.3, -0.25) is 4.98 Å². The fourth-order valence-electron chi connectivity index (χ4n) is 2.15. The SMILES string of the molecule is Fc1cccc(-c2ccccc2)c1-c1ccccn1. The standard InChI is InChI=1S/C17H12FN/c18-15-10-6-9-14(13-7-2-1-3-8-13)17(15)16-11-4-5-12-19-16/h1-12H. The van der Waals surface area contributed by atoms with E-state index in [9.17, 15) is 4.39 Å². The highest BCUT2D eigenvalue weighted by Crippen LogP contribution is 2.32. The van der Waals surface area contributed by atoms with Gasteiger partial charge in [0, 0.05) is 11.8 Å². The Hall–Kier alpha value is -2.48. The van der Waals surface area contributed by atoms with Crippen LogP contribution in [0.4, 0.5) is 4.39 Å². The molecule has 1 nitrogen and oxygen atoms in total. The Labute approximate surface area is 111 Å². The van der Waals surface area contributed by atoms with Crippen molar-refractivity contribution >= 4 is 0 Å². The van der Waals surface area contributed by atoms with Crippen LogP contribution in [-0.4, -0.2) is 4.98 Å². The molecule has 0 bridgehead atoms. The quantitative estimate of drug-likeness (QED) is 0.649. The first-order valence-corrected chi connectivity index (χ1v) is 6.11. The van der Waals surface area contributed by atoms with Crippen molar-refractivity contribution in [3.8, 4) is 22.4 Å². The lowest BCUT2D eigenvalue weighted by Crippen LogP contribution is -1.91. The van der Waals surface area contributed by atoms with Crippen LogP contribution in [0.5, 0.6) is 0 Å². The Kier molecular flexibility index (Phi) is 3.07. The van der Waals surface area contributed by atoms with E-state index in [1.54, 1.807) is 12.3 Å². The van der Waals surface area contributed by atoms with Crippen molar-refractivity contribution in [3.63, 3.8) is 0 Å². The first kappa shape index (κ1) is 11.6. The summed E-state index contributed by atoms with van der Waals surface area (Å²) in [7, 11) is 0. The molecule has 0 N–H and O–H groups in total. The molecule has 3 rings (SSSR count). The van der Waals surface area contributed by atoms with Crippen LogP contribution >= 0.6 is 0 Å². The van der Waals surface area contributed by atoms with Gasteiger partial charge in [0.05, 0.1) is 5.69 Å². The Morgan fingerprint density at radius 3 is 2.26 bits per heavy atom. The van der Waals surface area contributed by atoms with Gasteiger partial charge < -0.3 is 0 Å². The fraction of sp³-hybridized carbons (Fsp3) is 0. The first-order chi connectivity index (χ1) is 9.36. The monoisotopic (exact) mass is 249 g/mol. The van der Waals surface area contributed by atoms with E-state index in [1.165, 1.54) is 6.07 Å². The predicted molar refractivity (Wildman–Crippen MR) is 75.1 cm³/mol. The van der Waals surface area contributed by atoms with Crippen LogP contribution in [0.2, 0.25) is 0 Å². The lowest BCUT2D eigenvalue weighted by atomic mass is 9.97. The fourth-order valence-corrected chi connectivity index (χ4v) is 2.15. The van der Waals surface area contributed by atoms with Gasteiger partial charge in [0.2, 0.25) is 0 Å². The molecule has 0 unspecified atom stereocenters. The minimum Gasteiger partial charge on any atom is -0.256 e. The summed E-state index contributed by atoms with van der Waals surface area (Å²) in [5, 5.41) is 0. The topological polar surface area (TPSA) is 12.9 Å². The summed E-state index contributed by atoms with van der Waals surface area (Å²) in [5.41, 5.74) is 3.05. The van der Waals surface area contributed by atoms with Gasteiger partial charge in [-0.05, 0) is 29.3 Å². The Balaban J connectivity index is 2.25. The third-order valence-corrected chi connectivity index (χ3v) is 3.02. The second-order valence-corrected chi connectivity index (χ2v) is 4.24. The van der Waals surface area contributed by atoms with E-state index in [-0.39, 0.29) is 5.82 Å². The van der Waals surface area contributed by atoms with E-state index < -0.39 is 0 Å². The Morgan fingerprint density at radius 1 is 0.737 bits per heavy atom. The smallest absolute Gasteiger partial charge is 0.133 e. The predicted octanol–water partition coefficient (Wildman–Crippen LogP) is 4.55. The molecule has 0 saturated carbocycles. The van der Waals surface area contributed by atoms with Crippen LogP contribution in [0.25, 0.3) is 22.4 Å². The van der Waals surface area contributed by atoms with Crippen LogP contribution in [0.3, 0.4) is 0 Å². The summed E-state index contributed by atoms with van der Waals surface area (Å²) < 4.78 is 14.2. The number of rotatable bonds is 2. The Bertz CT molecular complexity index is 678. The van der Waals surface area contributed by atoms with E-state index >= 15 is 0 Å². The van der Waals surface area contributed by atoms with Crippen molar-refractivity contribution in [2.45, 2.75) is 0 Å². The van der Waals surface area contributed by atoms with Crippen LogP contribution < -0.4 is 0 Å². The highest BCUT2D eigenvalue weighted by atomic mass is 19.1. The van der Waals surface area contributed by atoms with E-state index in [2.05, 4.69) is 4.98 Å². The van der Waals surface area contributed by atoms with Gasteiger partial charge >= 0.3 is 0 Å². The van der Waals surface area contributed by atoms with Crippen molar-refractivity contribution in [1.82, 2.24) is 4.98 Å². The van der Waals surface area contributed by atoms with Crippen LogP contribution in [0, 0.1) is 5.82 Å². The van der Waals surface area contributed by atoms with E-state index in [0.29, 0.717) is 11.3 Å². The molecule has 92 valence electrons. The molecule has 0 aliphatic rings. The van der Waals surface area contributed by atoms with Crippen molar-refractivity contribution in [3.05, 3.63) is 78.7 Å². The number of aromatic nitrogens is 1. The molecule has 2 aromatic carbocycles. The molecule has 0 saturated heterocycles. The van der Waals surface area contributed by atoms with Crippen molar-refractivity contribution in [2.75, 3.05) is 0 Å². The summed E-state index contributed by atoms with van der Waals surface area (Å²) >= 11 is 0. The molecular weight excluding hydrogens is 237 g/mol. The maximum absolute atomic E-state index is 14.2. The molecule has 1 heterocycles. The molecule has 0 aliphatic carbocycles. The van der Waals surface area contributed by atoms with E-state index in [4.69, 9.17) is 0 Å². The molecule has 0 atom stereocenters. The summed E-state index contributed by atoms with van der Waals surface area (Å²) in [5.74, 6) is -0.250. The number of nitrogens with zero attached hydrogens (tertiary/aromatic N) is 1. The average molecular weight is 249 g/mol. The highest BCUT2D eigenvalue weighted by molar-refractivity contribution is 5.82. The van der Waals surface area contributed by atoms with Crippen molar-refractivity contribution < 1.29 is 4.39 Å². The zero-order chi connectivity index (χ0) is 13.1. The Morgan fingerprint density at radius 2 is 1.53 bits per heavy atom. The maximum Gasteiger partial charge on any atom is 0.133 e. The number of benzene rings is 2. The number of hydrogen-bond acceptors (Lipinski definition) is 1. The maximum atomic E-state index is 14.2. The molecule has 0 aliphatic heterocycles. The summed E-state index contributed by atoms with van der Waals surface area (Å²) in [6.45, 7) is 0. The number of hydrogen-bond donors (Lipinski definition) is 0. The summed E-state index contributed by atoms with van der Waals surface area (Å²) in [4.78, 5) is 4.26. The van der Waals surface area contributed by atoms with Crippen LogP contribution in [0.1, 0.15) is 0 Å². The summed E-state index contributed by atoms with van der Waals surface area (Å²) in [6.07, 6.45) is 1.68. The van der Waals surface area contributed by atoms with Crippen molar-refractivity contribution in [2.24, 2.45) is 0 Å². The summed E-state index contributed by atoms with van der Waals surface area (Å²) in [6, 6.07) is 20.4. The van der Waals surface area contributed by atoms with Crippen molar-refractivity contribution in [1.29, 1.82) is 0 Å². The van der Waals surface area contributed by atoms with Gasteiger partial charge in [-0.15, -0.1) is 0 Å². The van der Waals surface area contributed by atoms with E-state index in [0.717, 1.165) is 11.1 Å². The molecule has 0 amide bonds. The van der Waals surface area contributed by atoms with Gasteiger partial charge in [0.1, 0.15) is 5.82 Å². The molecule has 1 aromatic heterocycles. The molecular formula is C17H12FN. The van der Waals surface area contributed by atoms with Gasteiger partial charge in [-0.1, -0.05) is 48.5 Å². The van der Waals surface area contributed by atoms with Crippen LogP contribution in [0.15, 0.2) is 72.9 Å². The zero-order valence-electron chi connectivity index (χ0n) is 10.3. The minimum absolute atomic E-state index is 0.250. The molecule has 3 aromatic rings. The third-order valence-electron chi connectivity index (χ3n) is 3.02. The second-order valence-electron chi connectivity index (χ2n) is 4.24. The van der Waals surface area contributed by atoms with Gasteiger partial charge in [-0.2, -0.15) is 0 Å².